The molecule has 1 saturated heterocycles. The average molecular weight is 459 g/mol. The minimum atomic E-state index is -0.335. The fourth-order valence-corrected chi connectivity index (χ4v) is 3.54. The fourth-order valence-electron chi connectivity index (χ4n) is 3.54. The van der Waals surface area contributed by atoms with Gasteiger partial charge in [-0.25, -0.2) is 9.37 Å². The maximum Gasteiger partial charge on any atom is 0.224 e. The molecule has 3 rings (SSSR count). The molecule has 1 aromatic heterocycles. The van der Waals surface area contributed by atoms with E-state index in [9.17, 15) is 9.18 Å². The van der Waals surface area contributed by atoms with Gasteiger partial charge in [-0.3, -0.25) is 4.79 Å². The number of aromatic nitrogens is 1. The lowest BCUT2D eigenvalue weighted by Crippen LogP contribution is -2.32. The topological polar surface area (TPSA) is 89.3 Å². The van der Waals surface area contributed by atoms with E-state index in [1.54, 1.807) is 12.1 Å². The van der Waals surface area contributed by atoms with E-state index < -0.39 is 0 Å². The Kier molecular flexibility index (Phi) is 11.0. The molecule has 30 heavy (non-hydrogen) atoms. The van der Waals surface area contributed by atoms with E-state index in [4.69, 9.17) is 10.5 Å². The number of hydrogen-bond acceptors (Lipinski definition) is 5. The Balaban J connectivity index is 0.00000225. The summed E-state index contributed by atoms with van der Waals surface area (Å²) in [7, 11) is 0. The van der Waals surface area contributed by atoms with Crippen LogP contribution in [0.25, 0.3) is 0 Å². The number of nitrogen functional groups attached to an aromatic ring is 1. The summed E-state index contributed by atoms with van der Waals surface area (Å²) in [4.78, 5) is 16.4. The third kappa shape index (κ3) is 8.07. The van der Waals surface area contributed by atoms with Gasteiger partial charge in [0, 0.05) is 31.2 Å². The number of nitrogens with two attached hydrogens (primary N) is 1. The van der Waals surface area contributed by atoms with E-state index >= 15 is 0 Å². The lowest BCUT2D eigenvalue weighted by atomic mass is 9.99. The number of nitrogens with one attached hydrogen (secondary N) is 2. The minimum Gasteiger partial charge on any atom is -0.384 e. The molecule has 1 fully saturated rings. The molecule has 9 heteroatoms. The molecular formula is C21H29Cl2FN4O2. The number of amides is 1. The zero-order valence-electron chi connectivity index (χ0n) is 16.9. The molecule has 0 unspecified atom stereocenters. The smallest absolute Gasteiger partial charge is 0.224 e. The Bertz CT molecular complexity index is 805. The van der Waals surface area contributed by atoms with Crippen molar-refractivity contribution in [2.24, 2.45) is 5.92 Å². The number of carbonyl (C=O) groups excluding carboxylic acids is 1. The summed E-state index contributed by atoms with van der Waals surface area (Å²) in [6, 6.07) is 9.99. The predicted octanol–water partition coefficient (Wildman–Crippen LogP) is 2.46. The predicted molar refractivity (Wildman–Crippen MR) is 121 cm³/mol. The first-order valence-electron chi connectivity index (χ1n) is 9.56. The van der Waals surface area contributed by atoms with E-state index in [0.29, 0.717) is 30.5 Å². The second-order valence-electron chi connectivity index (χ2n) is 7.25. The number of nitrogens with zero attached hydrogens (tertiary/aromatic N) is 1. The van der Waals surface area contributed by atoms with Gasteiger partial charge in [-0.05, 0) is 48.7 Å². The molecule has 2 atom stereocenters. The van der Waals surface area contributed by atoms with Crippen LogP contribution >= 0.6 is 24.8 Å². The van der Waals surface area contributed by atoms with Gasteiger partial charge in [0.15, 0.2) is 0 Å². The summed E-state index contributed by atoms with van der Waals surface area (Å²) in [5.74, 6) is 0.379. The summed E-state index contributed by atoms with van der Waals surface area (Å²) in [5, 5.41) is 6.17. The Labute approximate surface area is 189 Å². The van der Waals surface area contributed by atoms with Gasteiger partial charge in [0.05, 0.1) is 19.1 Å². The molecule has 1 aliphatic rings. The number of halogens is 3. The van der Waals surface area contributed by atoms with Crippen molar-refractivity contribution in [2.45, 2.75) is 25.9 Å². The number of pyridine rings is 1. The zero-order chi connectivity index (χ0) is 19.9. The highest BCUT2D eigenvalue weighted by Gasteiger charge is 2.28. The van der Waals surface area contributed by atoms with Gasteiger partial charge in [-0.15, -0.1) is 24.8 Å². The van der Waals surface area contributed by atoms with Crippen molar-refractivity contribution in [3.63, 3.8) is 0 Å². The molecule has 2 heterocycles. The first kappa shape index (κ1) is 26.1. The highest BCUT2D eigenvalue weighted by Crippen LogP contribution is 2.19. The average Bonchev–Trinajstić information content (AvgIpc) is 3.05. The Morgan fingerprint density at radius 2 is 2.10 bits per heavy atom. The van der Waals surface area contributed by atoms with Gasteiger partial charge < -0.3 is 21.1 Å². The van der Waals surface area contributed by atoms with Crippen LogP contribution in [0.2, 0.25) is 0 Å². The van der Waals surface area contributed by atoms with Crippen LogP contribution in [-0.4, -0.2) is 43.2 Å². The first-order valence-corrected chi connectivity index (χ1v) is 9.56. The SMILES string of the molecule is Cc1cc(N)nc(C[C@@H]2CNC[C@@H]2OCCNC(=O)Cc2cccc(F)c2)c1.Cl.Cl. The van der Waals surface area contributed by atoms with Gasteiger partial charge >= 0.3 is 0 Å². The highest BCUT2D eigenvalue weighted by atomic mass is 35.5. The van der Waals surface area contributed by atoms with Gasteiger partial charge in [0.2, 0.25) is 5.91 Å². The first-order chi connectivity index (χ1) is 13.5. The molecule has 1 amide bonds. The quantitative estimate of drug-likeness (QED) is 0.528. The largest absolute Gasteiger partial charge is 0.384 e. The zero-order valence-corrected chi connectivity index (χ0v) is 18.5. The van der Waals surface area contributed by atoms with E-state index in [0.717, 1.165) is 30.8 Å². The van der Waals surface area contributed by atoms with Crippen LogP contribution in [0.15, 0.2) is 36.4 Å². The number of hydrogen-bond donors (Lipinski definition) is 3. The van der Waals surface area contributed by atoms with Gasteiger partial charge in [0.25, 0.3) is 0 Å². The van der Waals surface area contributed by atoms with Crippen LogP contribution < -0.4 is 16.4 Å². The molecule has 0 saturated carbocycles. The maximum atomic E-state index is 13.2. The van der Waals surface area contributed by atoms with Crippen molar-refractivity contribution in [1.29, 1.82) is 0 Å². The van der Waals surface area contributed by atoms with Crippen LogP contribution in [0.1, 0.15) is 16.8 Å². The fraction of sp³-hybridized carbons (Fsp3) is 0.429. The van der Waals surface area contributed by atoms with Crippen molar-refractivity contribution in [3.8, 4) is 0 Å². The van der Waals surface area contributed by atoms with E-state index in [1.165, 1.54) is 12.1 Å². The molecule has 0 spiro atoms. The monoisotopic (exact) mass is 458 g/mol. The molecule has 2 aromatic rings. The molecule has 166 valence electrons. The summed E-state index contributed by atoms with van der Waals surface area (Å²) in [6.07, 6.45) is 1.03. The molecule has 0 radical (unpaired) electrons. The van der Waals surface area contributed by atoms with Crippen LogP contribution in [0.5, 0.6) is 0 Å². The highest BCUT2D eigenvalue weighted by molar-refractivity contribution is 5.85. The van der Waals surface area contributed by atoms with Crippen molar-refractivity contribution in [2.75, 3.05) is 32.0 Å². The van der Waals surface area contributed by atoms with Crippen molar-refractivity contribution in [3.05, 3.63) is 59.0 Å². The number of carbonyl (C=O) groups is 1. The standard InChI is InChI=1S/C21H27FN4O2.2ClH/c1-14-7-18(26-20(23)8-14)11-16-12-24-13-19(16)28-6-5-25-21(27)10-15-3-2-4-17(22)9-15;;/h2-4,7-9,16,19,24H,5-6,10-13H2,1H3,(H2,23,26)(H,25,27);2*1H/t16-,19+;;/m1../s1. The number of rotatable bonds is 8. The van der Waals surface area contributed by atoms with Gasteiger partial charge in [-0.2, -0.15) is 0 Å². The van der Waals surface area contributed by atoms with Crippen LogP contribution in [0, 0.1) is 18.7 Å². The molecule has 0 bridgehead atoms. The minimum absolute atomic E-state index is 0. The lowest BCUT2D eigenvalue weighted by Gasteiger charge is -2.19. The van der Waals surface area contributed by atoms with Crippen LogP contribution in [-0.2, 0) is 22.4 Å². The van der Waals surface area contributed by atoms with Gasteiger partial charge in [-0.1, -0.05) is 12.1 Å². The third-order valence-electron chi connectivity index (χ3n) is 4.80. The Morgan fingerprint density at radius 1 is 1.30 bits per heavy atom. The van der Waals surface area contributed by atoms with Crippen molar-refractivity contribution in [1.82, 2.24) is 15.6 Å². The van der Waals surface area contributed by atoms with Crippen molar-refractivity contribution < 1.29 is 13.9 Å². The molecule has 0 aliphatic carbocycles. The number of benzene rings is 1. The van der Waals surface area contributed by atoms with Gasteiger partial charge in [0.1, 0.15) is 11.6 Å². The Morgan fingerprint density at radius 3 is 2.83 bits per heavy atom. The molecular weight excluding hydrogens is 430 g/mol. The number of aryl methyl sites for hydroxylation is 1. The molecule has 1 aromatic carbocycles. The van der Waals surface area contributed by atoms with E-state index in [1.807, 2.05) is 13.0 Å². The summed E-state index contributed by atoms with van der Waals surface area (Å²) < 4.78 is 19.1. The second kappa shape index (κ2) is 12.7. The second-order valence-corrected chi connectivity index (χ2v) is 7.25. The number of anilines is 1. The normalized spacial score (nSPS) is 17.7. The number of ether oxygens (including phenoxy) is 1. The molecule has 6 nitrogen and oxygen atoms in total. The molecule has 1 aliphatic heterocycles. The summed E-state index contributed by atoms with van der Waals surface area (Å²) >= 11 is 0. The molecule has 4 N–H and O–H groups in total. The summed E-state index contributed by atoms with van der Waals surface area (Å²) in [5.41, 5.74) is 8.57. The van der Waals surface area contributed by atoms with E-state index in [2.05, 4.69) is 21.7 Å². The van der Waals surface area contributed by atoms with Crippen LogP contribution in [0.3, 0.4) is 0 Å². The lowest BCUT2D eigenvalue weighted by molar-refractivity contribution is -0.120. The van der Waals surface area contributed by atoms with Crippen molar-refractivity contribution >= 4 is 36.5 Å². The maximum absolute atomic E-state index is 13.2. The summed E-state index contributed by atoms with van der Waals surface area (Å²) in [6.45, 7) is 4.51. The Hall–Kier alpha value is -1.93. The third-order valence-corrected chi connectivity index (χ3v) is 4.80. The van der Waals surface area contributed by atoms with Crippen LogP contribution in [0.4, 0.5) is 10.2 Å². The van der Waals surface area contributed by atoms with E-state index in [-0.39, 0.29) is 49.1 Å².